The van der Waals surface area contributed by atoms with E-state index in [2.05, 4.69) is 21.2 Å². The van der Waals surface area contributed by atoms with Crippen molar-refractivity contribution in [2.24, 2.45) is 0 Å². The molecule has 1 aliphatic rings. The molecule has 0 spiro atoms. The second kappa shape index (κ2) is 7.42. The van der Waals surface area contributed by atoms with Crippen LogP contribution in [0.4, 0.5) is 0 Å². The molecule has 0 aliphatic carbocycles. The van der Waals surface area contributed by atoms with Gasteiger partial charge in [-0.2, -0.15) is 4.31 Å². The molecular formula is C12H17BrCl2N2O2S. The van der Waals surface area contributed by atoms with Crippen molar-refractivity contribution in [1.82, 2.24) is 9.62 Å². The first-order valence-electron chi connectivity index (χ1n) is 6.07. The number of benzene rings is 1. The Labute approximate surface area is 139 Å². The lowest BCUT2D eigenvalue weighted by Crippen LogP contribution is -2.43. The van der Waals surface area contributed by atoms with E-state index in [-0.39, 0.29) is 28.4 Å². The van der Waals surface area contributed by atoms with Crippen molar-refractivity contribution in [3.8, 4) is 0 Å². The molecule has 0 saturated carbocycles. The van der Waals surface area contributed by atoms with E-state index in [0.717, 1.165) is 25.9 Å². The Morgan fingerprint density at radius 1 is 1.35 bits per heavy atom. The van der Waals surface area contributed by atoms with Crippen molar-refractivity contribution >= 4 is 50.0 Å². The lowest BCUT2D eigenvalue weighted by atomic mass is 10.1. The van der Waals surface area contributed by atoms with Crippen LogP contribution in [-0.2, 0) is 10.0 Å². The summed E-state index contributed by atoms with van der Waals surface area (Å²) >= 11 is 9.31. The van der Waals surface area contributed by atoms with Gasteiger partial charge in [0, 0.05) is 17.6 Å². The van der Waals surface area contributed by atoms with Crippen molar-refractivity contribution in [3.63, 3.8) is 0 Å². The molecule has 1 aromatic carbocycles. The number of halogens is 3. The van der Waals surface area contributed by atoms with Crippen LogP contribution in [0.15, 0.2) is 27.6 Å². The number of nitrogens with one attached hydrogen (secondary N) is 1. The first-order chi connectivity index (χ1) is 8.93. The van der Waals surface area contributed by atoms with Gasteiger partial charge in [0.15, 0.2) is 0 Å². The fourth-order valence-electron chi connectivity index (χ4n) is 2.20. The van der Waals surface area contributed by atoms with Gasteiger partial charge in [-0.15, -0.1) is 12.4 Å². The van der Waals surface area contributed by atoms with Gasteiger partial charge in [0.25, 0.3) is 0 Å². The van der Waals surface area contributed by atoms with Crippen LogP contribution in [-0.4, -0.2) is 38.9 Å². The summed E-state index contributed by atoms with van der Waals surface area (Å²) < 4.78 is 27.4. The molecule has 0 atom stereocenters. The fourth-order valence-corrected chi connectivity index (χ4v) is 4.62. The molecule has 1 aromatic rings. The van der Waals surface area contributed by atoms with E-state index >= 15 is 0 Å². The third kappa shape index (κ3) is 3.87. The van der Waals surface area contributed by atoms with E-state index in [4.69, 9.17) is 11.6 Å². The van der Waals surface area contributed by atoms with Crippen LogP contribution in [0, 0.1) is 0 Å². The number of hydrogen-bond acceptors (Lipinski definition) is 3. The minimum atomic E-state index is -3.55. The molecule has 20 heavy (non-hydrogen) atoms. The van der Waals surface area contributed by atoms with Gasteiger partial charge in [-0.05, 0) is 44.1 Å². The number of nitrogens with zero attached hydrogens (tertiary/aromatic N) is 1. The molecule has 0 bridgehead atoms. The standard InChI is InChI=1S/C12H16BrClN2O2S.ClH/c1-16(10-4-6-15-7-5-10)19(17,18)12-8-9(13)2-3-11(12)14;/h2-3,8,10,15H,4-7H2,1H3;1H. The normalized spacial score (nSPS) is 17.0. The smallest absolute Gasteiger partial charge is 0.244 e. The van der Waals surface area contributed by atoms with Crippen molar-refractivity contribution in [3.05, 3.63) is 27.7 Å². The van der Waals surface area contributed by atoms with Gasteiger partial charge in [0.05, 0.1) is 5.02 Å². The zero-order valence-electron chi connectivity index (χ0n) is 11.0. The molecule has 8 heteroatoms. The molecule has 1 heterocycles. The molecule has 1 saturated heterocycles. The molecule has 114 valence electrons. The topological polar surface area (TPSA) is 49.4 Å². The maximum atomic E-state index is 12.6. The Morgan fingerprint density at radius 3 is 2.55 bits per heavy atom. The fraction of sp³-hybridized carbons (Fsp3) is 0.500. The van der Waals surface area contributed by atoms with Gasteiger partial charge >= 0.3 is 0 Å². The van der Waals surface area contributed by atoms with Crippen LogP contribution in [0.1, 0.15) is 12.8 Å². The zero-order chi connectivity index (χ0) is 14.0. The van der Waals surface area contributed by atoms with Crippen molar-refractivity contribution in [2.75, 3.05) is 20.1 Å². The quantitative estimate of drug-likeness (QED) is 0.843. The van der Waals surface area contributed by atoms with E-state index in [9.17, 15) is 8.42 Å². The summed E-state index contributed by atoms with van der Waals surface area (Å²) in [5, 5.41) is 3.48. The van der Waals surface area contributed by atoms with E-state index in [1.54, 1.807) is 25.2 Å². The van der Waals surface area contributed by atoms with Crippen LogP contribution in [0.3, 0.4) is 0 Å². The van der Waals surface area contributed by atoms with Crippen molar-refractivity contribution in [1.29, 1.82) is 0 Å². The minimum Gasteiger partial charge on any atom is -0.317 e. The van der Waals surface area contributed by atoms with E-state index in [0.29, 0.717) is 4.47 Å². The molecular weight excluding hydrogens is 387 g/mol. The van der Waals surface area contributed by atoms with Gasteiger partial charge in [0.1, 0.15) is 4.90 Å². The predicted molar refractivity (Wildman–Crippen MR) is 87.2 cm³/mol. The maximum absolute atomic E-state index is 12.6. The van der Waals surface area contributed by atoms with Gasteiger partial charge in [-0.25, -0.2) is 8.42 Å². The second-order valence-electron chi connectivity index (χ2n) is 4.58. The summed E-state index contributed by atoms with van der Waals surface area (Å²) in [7, 11) is -1.92. The first-order valence-corrected chi connectivity index (χ1v) is 8.68. The Bertz CT molecular complexity index is 563. The van der Waals surface area contributed by atoms with E-state index in [1.807, 2.05) is 0 Å². The maximum Gasteiger partial charge on any atom is 0.244 e. The number of sulfonamides is 1. The van der Waals surface area contributed by atoms with Gasteiger partial charge in [0.2, 0.25) is 10.0 Å². The molecule has 0 aromatic heterocycles. The molecule has 0 radical (unpaired) electrons. The minimum absolute atomic E-state index is 0. The molecule has 0 unspecified atom stereocenters. The number of rotatable bonds is 3. The van der Waals surface area contributed by atoms with Crippen molar-refractivity contribution in [2.45, 2.75) is 23.8 Å². The number of piperidine rings is 1. The first kappa shape index (κ1) is 18.2. The van der Waals surface area contributed by atoms with Crippen LogP contribution in [0.25, 0.3) is 0 Å². The van der Waals surface area contributed by atoms with Crippen LogP contribution in [0.2, 0.25) is 5.02 Å². The lowest BCUT2D eigenvalue weighted by Gasteiger charge is -2.31. The Hall–Kier alpha value is 0.150. The van der Waals surface area contributed by atoms with Crippen molar-refractivity contribution < 1.29 is 8.42 Å². The molecule has 4 nitrogen and oxygen atoms in total. The summed E-state index contributed by atoms with van der Waals surface area (Å²) in [6.45, 7) is 1.69. The lowest BCUT2D eigenvalue weighted by molar-refractivity contribution is 0.296. The summed E-state index contributed by atoms with van der Waals surface area (Å²) in [4.78, 5) is 0.157. The van der Waals surface area contributed by atoms with E-state index in [1.165, 1.54) is 4.31 Å². The van der Waals surface area contributed by atoms with Crippen LogP contribution >= 0.6 is 39.9 Å². The third-order valence-corrected chi connectivity index (χ3v) is 6.26. The predicted octanol–water partition coefficient (Wildman–Crippen LogP) is 2.90. The zero-order valence-corrected chi connectivity index (χ0v) is 14.9. The average Bonchev–Trinajstić information content (AvgIpc) is 2.41. The highest BCUT2D eigenvalue weighted by Crippen LogP contribution is 2.29. The third-order valence-electron chi connectivity index (χ3n) is 3.37. The monoisotopic (exact) mass is 402 g/mol. The highest BCUT2D eigenvalue weighted by atomic mass is 79.9. The highest BCUT2D eigenvalue weighted by Gasteiger charge is 2.30. The molecule has 1 aliphatic heterocycles. The van der Waals surface area contributed by atoms with Gasteiger partial charge < -0.3 is 5.32 Å². The summed E-state index contributed by atoms with van der Waals surface area (Å²) in [6.07, 6.45) is 1.64. The van der Waals surface area contributed by atoms with Gasteiger partial charge in [-0.3, -0.25) is 0 Å². The highest BCUT2D eigenvalue weighted by molar-refractivity contribution is 9.10. The molecule has 1 N–H and O–H groups in total. The SMILES string of the molecule is CN(C1CCNCC1)S(=O)(=O)c1cc(Br)ccc1Cl.Cl. The summed E-state index contributed by atoms with van der Waals surface area (Å²) in [6, 6.07) is 4.90. The summed E-state index contributed by atoms with van der Waals surface area (Å²) in [5.74, 6) is 0. The Morgan fingerprint density at radius 2 is 1.95 bits per heavy atom. The van der Waals surface area contributed by atoms with Crippen LogP contribution in [0.5, 0.6) is 0 Å². The molecule has 1 fully saturated rings. The molecule has 0 amide bonds. The Kier molecular flexibility index (Phi) is 6.76. The Balaban J connectivity index is 0.00000200. The largest absolute Gasteiger partial charge is 0.317 e. The second-order valence-corrected chi connectivity index (χ2v) is 7.87. The van der Waals surface area contributed by atoms with Crippen LogP contribution < -0.4 is 5.32 Å². The summed E-state index contributed by atoms with van der Waals surface area (Å²) in [5.41, 5.74) is 0. The molecule has 2 rings (SSSR count). The average molecular weight is 404 g/mol. The van der Waals surface area contributed by atoms with E-state index < -0.39 is 10.0 Å². The number of hydrogen-bond donors (Lipinski definition) is 1. The van der Waals surface area contributed by atoms with Gasteiger partial charge in [-0.1, -0.05) is 27.5 Å².